The number of likely N-dealkylation sites (N-methyl/N-ethyl adjacent to an activating group) is 1. The number of carbonyl (C=O) groups excluding carboxylic acids is 1. The van der Waals surface area contributed by atoms with E-state index in [9.17, 15) is 4.79 Å². The molecule has 1 aliphatic heterocycles. The highest BCUT2D eigenvalue weighted by Gasteiger charge is 2.45. The van der Waals surface area contributed by atoms with Crippen LogP contribution >= 0.6 is 0 Å². The summed E-state index contributed by atoms with van der Waals surface area (Å²) in [5, 5.41) is 0. The molecule has 1 aromatic heterocycles. The molecule has 106 valence electrons. The molecule has 1 aromatic rings. The average molecular weight is 265 g/mol. The van der Waals surface area contributed by atoms with Gasteiger partial charge < -0.3 is 15.1 Å². The van der Waals surface area contributed by atoms with Crippen molar-refractivity contribution in [2.45, 2.75) is 38.4 Å². The number of furan rings is 1. The molecule has 2 rings (SSSR count). The van der Waals surface area contributed by atoms with Crippen LogP contribution in [0.2, 0.25) is 0 Å². The fraction of sp³-hybridized carbons (Fsp3) is 0.643. The van der Waals surface area contributed by atoms with Crippen molar-refractivity contribution in [3.8, 4) is 0 Å². The Bertz CT molecular complexity index is 440. The predicted molar refractivity (Wildman–Crippen MR) is 73.5 cm³/mol. The van der Waals surface area contributed by atoms with Gasteiger partial charge in [0.05, 0.1) is 17.8 Å². The largest absolute Gasteiger partial charge is 0.468 e. The van der Waals surface area contributed by atoms with Gasteiger partial charge in [-0.05, 0) is 32.9 Å². The first-order valence-corrected chi connectivity index (χ1v) is 6.67. The number of carbonyl (C=O) groups is 1. The van der Waals surface area contributed by atoms with Gasteiger partial charge in [-0.1, -0.05) is 0 Å². The molecule has 19 heavy (non-hydrogen) atoms. The Morgan fingerprint density at radius 2 is 2.11 bits per heavy atom. The summed E-state index contributed by atoms with van der Waals surface area (Å²) in [7, 11) is 1.84. The Morgan fingerprint density at radius 3 is 2.63 bits per heavy atom. The summed E-state index contributed by atoms with van der Waals surface area (Å²) in [6.07, 6.45) is 1.65. The fourth-order valence-electron chi connectivity index (χ4n) is 2.87. The highest BCUT2D eigenvalue weighted by molar-refractivity contribution is 5.86. The normalized spacial score (nSPS) is 23.4. The van der Waals surface area contributed by atoms with Crippen LogP contribution in [0, 0.1) is 0 Å². The second kappa shape index (κ2) is 4.98. The molecule has 0 aromatic carbocycles. The molecule has 1 amide bonds. The van der Waals surface area contributed by atoms with Crippen LogP contribution in [0.3, 0.4) is 0 Å². The van der Waals surface area contributed by atoms with Gasteiger partial charge in [0.1, 0.15) is 5.76 Å². The minimum absolute atomic E-state index is 0.0809. The maximum atomic E-state index is 12.4. The maximum absolute atomic E-state index is 12.4. The predicted octanol–water partition coefficient (Wildman–Crippen LogP) is 1.22. The van der Waals surface area contributed by atoms with E-state index in [1.165, 1.54) is 0 Å². The first kappa shape index (κ1) is 14.1. The number of hydrogen-bond donors (Lipinski definition) is 1. The zero-order valence-electron chi connectivity index (χ0n) is 12.1. The van der Waals surface area contributed by atoms with Crippen molar-refractivity contribution < 1.29 is 9.21 Å². The number of piperazine rings is 1. The van der Waals surface area contributed by atoms with Gasteiger partial charge in [-0.25, -0.2) is 0 Å². The van der Waals surface area contributed by atoms with Gasteiger partial charge >= 0.3 is 0 Å². The van der Waals surface area contributed by atoms with E-state index >= 15 is 0 Å². The van der Waals surface area contributed by atoms with Crippen molar-refractivity contribution in [2.24, 2.45) is 5.73 Å². The molecule has 0 bridgehead atoms. The van der Waals surface area contributed by atoms with Gasteiger partial charge in [0, 0.05) is 26.2 Å². The summed E-state index contributed by atoms with van der Waals surface area (Å²) >= 11 is 0. The summed E-state index contributed by atoms with van der Waals surface area (Å²) in [5.41, 5.74) is 5.56. The lowest BCUT2D eigenvalue weighted by atomic mass is 9.92. The summed E-state index contributed by atoms with van der Waals surface area (Å²) in [6, 6.07) is 3.59. The van der Waals surface area contributed by atoms with E-state index < -0.39 is 5.54 Å². The molecule has 1 fully saturated rings. The molecule has 0 radical (unpaired) electrons. The molecule has 2 unspecified atom stereocenters. The number of nitrogens with zero attached hydrogens (tertiary/aromatic N) is 2. The fourth-order valence-corrected chi connectivity index (χ4v) is 2.87. The number of nitrogens with two attached hydrogens (primary N) is 1. The third-order valence-electron chi connectivity index (χ3n) is 3.93. The number of rotatable bonds is 3. The Balaban J connectivity index is 2.35. The average Bonchev–Trinajstić information content (AvgIpc) is 2.83. The van der Waals surface area contributed by atoms with Gasteiger partial charge in [0.25, 0.3) is 0 Å². The minimum atomic E-state index is -0.571. The Labute approximate surface area is 114 Å². The molecule has 0 saturated carbocycles. The van der Waals surface area contributed by atoms with Crippen LogP contribution in [0.15, 0.2) is 22.8 Å². The summed E-state index contributed by atoms with van der Waals surface area (Å²) in [5.74, 6) is 0.941. The van der Waals surface area contributed by atoms with E-state index in [0.29, 0.717) is 6.54 Å². The third kappa shape index (κ3) is 2.40. The lowest BCUT2D eigenvalue weighted by Crippen LogP contribution is -2.64. The van der Waals surface area contributed by atoms with Crippen LogP contribution in [0.25, 0.3) is 0 Å². The third-order valence-corrected chi connectivity index (χ3v) is 3.93. The van der Waals surface area contributed by atoms with E-state index in [1.54, 1.807) is 11.2 Å². The van der Waals surface area contributed by atoms with E-state index in [0.717, 1.165) is 12.3 Å². The second-order valence-electron chi connectivity index (χ2n) is 5.80. The van der Waals surface area contributed by atoms with Crippen LogP contribution in [0.5, 0.6) is 0 Å². The molecule has 2 atom stereocenters. The van der Waals surface area contributed by atoms with Crippen molar-refractivity contribution in [2.75, 3.05) is 20.1 Å². The zero-order valence-corrected chi connectivity index (χ0v) is 12.1. The summed E-state index contributed by atoms with van der Waals surface area (Å²) in [6.45, 7) is 7.35. The molecular formula is C14H23N3O2. The SMILES string of the molecule is CC(N)C(c1ccco1)N1CCN(C)C(=O)C1(C)C. The second-order valence-corrected chi connectivity index (χ2v) is 5.80. The molecule has 5 nitrogen and oxygen atoms in total. The van der Waals surface area contributed by atoms with Crippen molar-refractivity contribution in [3.05, 3.63) is 24.2 Å². The van der Waals surface area contributed by atoms with Crippen molar-refractivity contribution in [3.63, 3.8) is 0 Å². The molecule has 2 heterocycles. The van der Waals surface area contributed by atoms with Crippen LogP contribution in [-0.2, 0) is 4.79 Å². The standard InChI is InChI=1S/C14H23N3O2/c1-10(15)12(11-6-5-9-19-11)17-8-7-16(4)13(18)14(17,2)3/h5-6,9-10,12H,7-8,15H2,1-4H3. The molecule has 1 saturated heterocycles. The van der Waals surface area contributed by atoms with Gasteiger partial charge in [-0.3, -0.25) is 9.69 Å². The number of hydrogen-bond acceptors (Lipinski definition) is 4. The summed E-state index contributed by atoms with van der Waals surface area (Å²) < 4.78 is 5.52. The van der Waals surface area contributed by atoms with E-state index in [-0.39, 0.29) is 18.0 Å². The molecule has 1 aliphatic rings. The number of amides is 1. The van der Waals surface area contributed by atoms with Gasteiger partial charge in [-0.2, -0.15) is 0 Å². The van der Waals surface area contributed by atoms with Crippen LogP contribution < -0.4 is 5.73 Å². The Hall–Kier alpha value is -1.33. The van der Waals surface area contributed by atoms with Gasteiger partial charge in [-0.15, -0.1) is 0 Å². The van der Waals surface area contributed by atoms with E-state index in [4.69, 9.17) is 10.2 Å². The minimum Gasteiger partial charge on any atom is -0.468 e. The molecule has 0 aliphatic carbocycles. The van der Waals surface area contributed by atoms with E-state index in [1.807, 2.05) is 40.0 Å². The molecule has 5 heteroatoms. The molecule has 2 N–H and O–H groups in total. The smallest absolute Gasteiger partial charge is 0.242 e. The molecular weight excluding hydrogens is 242 g/mol. The molecule has 0 spiro atoms. The van der Waals surface area contributed by atoms with Gasteiger partial charge in [0.2, 0.25) is 5.91 Å². The first-order chi connectivity index (χ1) is 8.85. The Kier molecular flexibility index (Phi) is 3.69. The lowest BCUT2D eigenvalue weighted by Gasteiger charge is -2.48. The highest BCUT2D eigenvalue weighted by Crippen LogP contribution is 2.33. The van der Waals surface area contributed by atoms with Crippen LogP contribution in [-0.4, -0.2) is 47.4 Å². The van der Waals surface area contributed by atoms with Crippen LogP contribution in [0.1, 0.15) is 32.6 Å². The maximum Gasteiger partial charge on any atom is 0.242 e. The zero-order chi connectivity index (χ0) is 14.2. The highest BCUT2D eigenvalue weighted by atomic mass is 16.3. The van der Waals surface area contributed by atoms with Crippen LogP contribution in [0.4, 0.5) is 0 Å². The summed E-state index contributed by atoms with van der Waals surface area (Å²) in [4.78, 5) is 16.3. The van der Waals surface area contributed by atoms with Crippen molar-refractivity contribution in [1.29, 1.82) is 0 Å². The van der Waals surface area contributed by atoms with E-state index in [2.05, 4.69) is 4.90 Å². The van der Waals surface area contributed by atoms with Crippen molar-refractivity contribution >= 4 is 5.91 Å². The topological polar surface area (TPSA) is 62.7 Å². The Morgan fingerprint density at radius 1 is 1.42 bits per heavy atom. The monoisotopic (exact) mass is 265 g/mol. The van der Waals surface area contributed by atoms with Gasteiger partial charge in [0.15, 0.2) is 0 Å². The lowest BCUT2D eigenvalue weighted by molar-refractivity contribution is -0.150. The van der Waals surface area contributed by atoms with Crippen molar-refractivity contribution in [1.82, 2.24) is 9.80 Å². The first-order valence-electron chi connectivity index (χ1n) is 6.67. The quantitative estimate of drug-likeness (QED) is 0.892.